The second-order valence-corrected chi connectivity index (χ2v) is 5.96. The van der Waals surface area contributed by atoms with Gasteiger partial charge in [-0.3, -0.25) is 9.59 Å². The van der Waals surface area contributed by atoms with E-state index in [1.807, 2.05) is 13.8 Å². The molecule has 6 nitrogen and oxygen atoms in total. The van der Waals surface area contributed by atoms with Crippen LogP contribution >= 0.6 is 0 Å². The Bertz CT molecular complexity index is 710. The molecule has 1 heterocycles. The Kier molecular flexibility index (Phi) is 5.68. The number of hydrogen-bond acceptors (Lipinski definition) is 4. The van der Waals surface area contributed by atoms with Gasteiger partial charge in [-0.1, -0.05) is 19.0 Å². The highest BCUT2D eigenvalue weighted by molar-refractivity contribution is 5.99. The van der Waals surface area contributed by atoms with Gasteiger partial charge < -0.3 is 14.7 Å². The third kappa shape index (κ3) is 4.91. The first-order chi connectivity index (χ1) is 11.3. The molecule has 0 saturated heterocycles. The van der Waals surface area contributed by atoms with Gasteiger partial charge in [0, 0.05) is 18.2 Å². The zero-order chi connectivity index (χ0) is 17.7. The minimum Gasteiger partial charge on any atom is -0.360 e. The summed E-state index contributed by atoms with van der Waals surface area (Å²) in [6.45, 7) is 5.89. The molecule has 1 aromatic heterocycles. The highest BCUT2D eigenvalue weighted by Gasteiger charge is 2.20. The number of benzene rings is 1. The first-order valence-corrected chi connectivity index (χ1v) is 7.63. The molecule has 0 aliphatic heterocycles. The third-order valence-electron chi connectivity index (χ3n) is 3.19. The number of carbonyl (C=O) groups is 2. The maximum Gasteiger partial charge on any atom is 0.254 e. The summed E-state index contributed by atoms with van der Waals surface area (Å²) in [7, 11) is 0. The lowest BCUT2D eigenvalue weighted by molar-refractivity contribution is -0.117. The lowest BCUT2D eigenvalue weighted by atomic mass is 10.1. The summed E-state index contributed by atoms with van der Waals surface area (Å²) in [5.74, 6) is -0.0601. The minimum absolute atomic E-state index is 0.125. The van der Waals surface area contributed by atoms with Crippen LogP contribution in [0.1, 0.15) is 30.0 Å². The molecule has 0 spiro atoms. The van der Waals surface area contributed by atoms with Crippen molar-refractivity contribution in [2.75, 3.05) is 18.4 Å². The quantitative estimate of drug-likeness (QED) is 0.882. The fourth-order valence-corrected chi connectivity index (χ4v) is 2.22. The van der Waals surface area contributed by atoms with Crippen molar-refractivity contribution in [3.8, 4) is 0 Å². The third-order valence-corrected chi connectivity index (χ3v) is 3.19. The van der Waals surface area contributed by atoms with Crippen LogP contribution < -0.4 is 5.32 Å². The van der Waals surface area contributed by atoms with Crippen LogP contribution in [-0.4, -0.2) is 35.0 Å². The zero-order valence-corrected chi connectivity index (χ0v) is 13.9. The minimum atomic E-state index is -0.416. The van der Waals surface area contributed by atoms with E-state index in [2.05, 4.69) is 10.5 Å². The van der Waals surface area contributed by atoms with Gasteiger partial charge in [0.05, 0.1) is 0 Å². The van der Waals surface area contributed by atoms with Crippen LogP contribution in [0.25, 0.3) is 0 Å². The van der Waals surface area contributed by atoms with Crippen molar-refractivity contribution in [3.63, 3.8) is 0 Å². The molecule has 1 N–H and O–H groups in total. The van der Waals surface area contributed by atoms with Crippen LogP contribution in [0.5, 0.6) is 0 Å². The van der Waals surface area contributed by atoms with Gasteiger partial charge in [0.1, 0.15) is 18.1 Å². The highest BCUT2D eigenvalue weighted by atomic mass is 19.1. The van der Waals surface area contributed by atoms with Gasteiger partial charge >= 0.3 is 0 Å². The molecule has 0 radical (unpaired) electrons. The number of amides is 2. The largest absolute Gasteiger partial charge is 0.360 e. The van der Waals surface area contributed by atoms with E-state index in [1.54, 1.807) is 13.0 Å². The summed E-state index contributed by atoms with van der Waals surface area (Å²) in [5, 5.41) is 6.27. The van der Waals surface area contributed by atoms with E-state index in [9.17, 15) is 14.0 Å². The smallest absolute Gasteiger partial charge is 0.254 e. The van der Waals surface area contributed by atoms with Crippen LogP contribution in [0, 0.1) is 18.7 Å². The summed E-state index contributed by atoms with van der Waals surface area (Å²) < 4.78 is 17.9. The number of aromatic nitrogens is 1. The van der Waals surface area contributed by atoms with Gasteiger partial charge in [-0.05, 0) is 37.1 Å². The predicted molar refractivity (Wildman–Crippen MR) is 87.0 cm³/mol. The number of hydrogen-bond donors (Lipinski definition) is 1. The Hall–Kier alpha value is -2.70. The van der Waals surface area contributed by atoms with Crippen molar-refractivity contribution >= 4 is 17.6 Å². The number of halogens is 1. The Morgan fingerprint density at radius 2 is 1.96 bits per heavy atom. The van der Waals surface area contributed by atoms with Crippen LogP contribution in [0.3, 0.4) is 0 Å². The molecule has 7 heteroatoms. The van der Waals surface area contributed by atoms with Crippen molar-refractivity contribution in [1.29, 1.82) is 0 Å². The molecule has 128 valence electrons. The Labute approximate surface area is 139 Å². The molecule has 2 amide bonds. The molecule has 1 aromatic carbocycles. The van der Waals surface area contributed by atoms with Crippen molar-refractivity contribution in [3.05, 3.63) is 47.5 Å². The lowest BCUT2D eigenvalue weighted by Gasteiger charge is -2.24. The maximum atomic E-state index is 13.0. The molecular formula is C17H20FN3O3. The van der Waals surface area contributed by atoms with Crippen LogP contribution in [-0.2, 0) is 4.79 Å². The van der Waals surface area contributed by atoms with E-state index in [-0.39, 0.29) is 24.3 Å². The molecule has 0 unspecified atom stereocenters. The zero-order valence-electron chi connectivity index (χ0n) is 13.9. The molecule has 0 saturated carbocycles. The fourth-order valence-electron chi connectivity index (χ4n) is 2.22. The van der Waals surface area contributed by atoms with Gasteiger partial charge in [-0.15, -0.1) is 0 Å². The molecule has 0 atom stereocenters. The maximum absolute atomic E-state index is 13.0. The molecule has 2 rings (SSSR count). The standard InChI is InChI=1S/C17H20FN3O3/c1-11(2)9-21(17(23)13-4-6-14(18)7-5-13)10-16(22)19-15-8-12(3)24-20-15/h4-8,11H,9-10H2,1-3H3,(H,19,20,22). The van der Waals surface area contributed by atoms with Crippen molar-refractivity contribution < 1.29 is 18.5 Å². The van der Waals surface area contributed by atoms with Crippen LogP contribution in [0.4, 0.5) is 10.2 Å². The van der Waals surface area contributed by atoms with E-state index in [0.717, 1.165) is 0 Å². The predicted octanol–water partition coefficient (Wildman–Crippen LogP) is 2.86. The summed E-state index contributed by atoms with van der Waals surface area (Å²) in [6, 6.07) is 6.85. The van der Waals surface area contributed by atoms with Gasteiger partial charge in [0.25, 0.3) is 5.91 Å². The van der Waals surface area contributed by atoms with E-state index in [4.69, 9.17) is 4.52 Å². The van der Waals surface area contributed by atoms with E-state index >= 15 is 0 Å². The van der Waals surface area contributed by atoms with Crippen molar-refractivity contribution in [1.82, 2.24) is 10.1 Å². The van der Waals surface area contributed by atoms with Gasteiger partial charge in [0.2, 0.25) is 5.91 Å². The number of anilines is 1. The second kappa shape index (κ2) is 7.72. The van der Waals surface area contributed by atoms with Crippen LogP contribution in [0.2, 0.25) is 0 Å². The van der Waals surface area contributed by atoms with E-state index in [1.165, 1.54) is 29.2 Å². The number of rotatable bonds is 6. The van der Waals surface area contributed by atoms with Crippen LogP contribution in [0.15, 0.2) is 34.9 Å². The van der Waals surface area contributed by atoms with E-state index in [0.29, 0.717) is 23.7 Å². The first kappa shape index (κ1) is 17.7. The van der Waals surface area contributed by atoms with Gasteiger partial charge in [-0.2, -0.15) is 0 Å². The molecule has 2 aromatic rings. The number of carbonyl (C=O) groups excluding carboxylic acids is 2. The number of nitrogens with one attached hydrogen (secondary N) is 1. The SMILES string of the molecule is Cc1cc(NC(=O)CN(CC(C)C)C(=O)c2ccc(F)cc2)no1. The summed E-state index contributed by atoms with van der Waals surface area (Å²) in [4.78, 5) is 26.2. The number of nitrogens with zero attached hydrogens (tertiary/aromatic N) is 2. The normalized spacial score (nSPS) is 10.7. The summed E-state index contributed by atoms with van der Waals surface area (Å²) in [6.07, 6.45) is 0. The number of aryl methyl sites for hydroxylation is 1. The topological polar surface area (TPSA) is 75.4 Å². The monoisotopic (exact) mass is 333 g/mol. The molecule has 24 heavy (non-hydrogen) atoms. The lowest BCUT2D eigenvalue weighted by Crippen LogP contribution is -2.40. The Morgan fingerprint density at radius 3 is 2.50 bits per heavy atom. The first-order valence-electron chi connectivity index (χ1n) is 7.63. The highest BCUT2D eigenvalue weighted by Crippen LogP contribution is 2.11. The Morgan fingerprint density at radius 1 is 1.29 bits per heavy atom. The average Bonchev–Trinajstić information content (AvgIpc) is 2.91. The molecule has 0 bridgehead atoms. The second-order valence-electron chi connectivity index (χ2n) is 5.96. The summed E-state index contributed by atoms with van der Waals surface area (Å²) >= 11 is 0. The van der Waals surface area contributed by atoms with E-state index < -0.39 is 5.82 Å². The van der Waals surface area contributed by atoms with Crippen molar-refractivity contribution in [2.24, 2.45) is 5.92 Å². The molecule has 0 aliphatic rings. The van der Waals surface area contributed by atoms with Gasteiger partial charge in [-0.25, -0.2) is 4.39 Å². The molecule has 0 aliphatic carbocycles. The molecular weight excluding hydrogens is 313 g/mol. The molecule has 0 fully saturated rings. The van der Waals surface area contributed by atoms with Crippen molar-refractivity contribution in [2.45, 2.75) is 20.8 Å². The Balaban J connectivity index is 2.08. The van der Waals surface area contributed by atoms with Gasteiger partial charge in [0.15, 0.2) is 5.82 Å². The average molecular weight is 333 g/mol. The summed E-state index contributed by atoms with van der Waals surface area (Å²) in [5.41, 5.74) is 0.335. The fraction of sp³-hybridized carbons (Fsp3) is 0.353.